The molecule has 0 unspecified atom stereocenters. The first kappa shape index (κ1) is 24.9. The van der Waals surface area contributed by atoms with E-state index in [1.807, 2.05) is 0 Å². The van der Waals surface area contributed by atoms with Crippen molar-refractivity contribution in [2.75, 3.05) is 0 Å². The number of halogens is 12. The normalized spacial score (nSPS) is 10.7. The Morgan fingerprint density at radius 1 is 0.412 bits per heavy atom. The fraction of sp³-hybridized carbons (Fsp3) is 0. The number of nitrogens with zero attached hydrogens (tertiary/aromatic N) is 1. The Morgan fingerprint density at radius 3 is 0.412 bits per heavy atom. The minimum atomic E-state index is -6.00. The van der Waals surface area contributed by atoms with Crippen LogP contribution >= 0.6 is 0 Å². The molecule has 0 aromatic heterocycles. The largest absolute Gasteiger partial charge is 0.673 e. The third-order valence-corrected chi connectivity index (χ3v) is 0. The summed E-state index contributed by atoms with van der Waals surface area (Å²) in [5.74, 6) is 0. The van der Waals surface area contributed by atoms with Gasteiger partial charge in [0.1, 0.15) is 0 Å². The first-order valence-electron chi connectivity index (χ1n) is 2.88. The van der Waals surface area contributed by atoms with Crippen molar-refractivity contribution >= 4 is 21.8 Å². The fourth-order valence-corrected chi connectivity index (χ4v) is 0. The Hall–Kier alpha value is -1.16. The molecule has 0 aliphatic rings. The molecule has 0 bridgehead atoms. The molecule has 0 aliphatic heterocycles. The van der Waals surface area contributed by atoms with E-state index in [1.54, 1.807) is 0 Å². The molecule has 16 heteroatoms. The molecule has 17 heavy (non-hydrogen) atoms. The zero-order valence-corrected chi connectivity index (χ0v) is 7.29. The summed E-state index contributed by atoms with van der Waals surface area (Å²) in [4.78, 5) is 0. The minimum Gasteiger partial charge on any atom is -0.418 e. The molecule has 1 nitrogen and oxygen atoms in total. The lowest BCUT2D eigenvalue weighted by Gasteiger charge is -1.94. The van der Waals surface area contributed by atoms with Gasteiger partial charge in [0.15, 0.2) is 0 Å². The summed E-state index contributed by atoms with van der Waals surface area (Å²) < 4.78 is 117. The van der Waals surface area contributed by atoms with Crippen molar-refractivity contribution < 1.29 is 51.8 Å². The van der Waals surface area contributed by atoms with Gasteiger partial charge < -0.3 is 51.8 Å². The van der Waals surface area contributed by atoms with Gasteiger partial charge >= 0.3 is 21.8 Å². The maximum atomic E-state index is 9.75. The summed E-state index contributed by atoms with van der Waals surface area (Å²) in [6, 6.07) is 0. The molecule has 0 spiro atoms. The smallest absolute Gasteiger partial charge is 0.418 e. The van der Waals surface area contributed by atoms with Gasteiger partial charge in [-0.25, -0.2) is 5.26 Å². The third kappa shape index (κ3) is 1840. The van der Waals surface area contributed by atoms with Crippen LogP contribution in [0.1, 0.15) is 0 Å². The van der Waals surface area contributed by atoms with Gasteiger partial charge in [0.05, 0.1) is 0 Å². The van der Waals surface area contributed by atoms with Gasteiger partial charge in [-0.05, 0) is 0 Å². The van der Waals surface area contributed by atoms with Crippen LogP contribution in [0.2, 0.25) is 0 Å². The number of hydrogen-bond donors (Lipinski definition) is 0. The van der Waals surface area contributed by atoms with E-state index in [9.17, 15) is 51.8 Å². The monoisotopic (exact) mass is 288 g/mol. The van der Waals surface area contributed by atoms with E-state index in [4.69, 9.17) is 5.26 Å². The van der Waals surface area contributed by atoms with Crippen LogP contribution in [0.4, 0.5) is 51.8 Å². The summed E-state index contributed by atoms with van der Waals surface area (Å²) in [5, 5.41) is 6.50. The second kappa shape index (κ2) is 10.0. The first-order valence-corrected chi connectivity index (χ1v) is 2.88. The molecule has 0 fully saturated rings. The van der Waals surface area contributed by atoms with E-state index in [1.165, 1.54) is 0 Å². The zero-order chi connectivity index (χ0) is 15.5. The standard InChI is InChI=1S/CHN.3BF4/c1-2;3*2-1(3,4)5/h1H;;;/q;3*-1. The topological polar surface area (TPSA) is 23.8 Å². The van der Waals surface area contributed by atoms with Gasteiger partial charge in [0, 0.05) is 6.57 Å². The SMILES string of the molecule is C#N.F[B-](F)(F)F.F[B-](F)(F)F.F[B-](F)(F)F. The van der Waals surface area contributed by atoms with Crippen LogP contribution in [0, 0.1) is 11.8 Å². The van der Waals surface area contributed by atoms with Crippen LogP contribution in [0.3, 0.4) is 0 Å². The highest BCUT2D eigenvalue weighted by Crippen LogP contribution is 2.07. The minimum absolute atomic E-state index is 3.50. The molecule has 0 aromatic rings. The highest BCUT2D eigenvalue weighted by molar-refractivity contribution is 6.50. The molecule has 0 rings (SSSR count). The second-order valence-electron chi connectivity index (χ2n) is 1.48. The summed E-state index contributed by atoms with van der Waals surface area (Å²) in [5.41, 5.74) is 0. The number of hydrogen-bond acceptors (Lipinski definition) is 1. The molecule has 0 saturated heterocycles. The zero-order valence-electron chi connectivity index (χ0n) is 7.29. The van der Waals surface area contributed by atoms with E-state index in [-0.39, 0.29) is 0 Å². The molecule has 0 aromatic carbocycles. The van der Waals surface area contributed by atoms with E-state index in [0.29, 0.717) is 0 Å². The molecule has 0 atom stereocenters. The highest BCUT2D eigenvalue weighted by Gasteiger charge is 2.21. The van der Waals surface area contributed by atoms with Crippen LogP contribution in [0.15, 0.2) is 0 Å². The Balaban J connectivity index is -0.0000000693. The van der Waals surface area contributed by atoms with Crippen LogP contribution in [-0.2, 0) is 0 Å². The van der Waals surface area contributed by atoms with Gasteiger partial charge in [-0.1, -0.05) is 0 Å². The highest BCUT2D eigenvalue weighted by atomic mass is 19.5. The summed E-state index contributed by atoms with van der Waals surface area (Å²) in [6.07, 6.45) is 0. The maximum absolute atomic E-state index is 9.75. The van der Waals surface area contributed by atoms with Gasteiger partial charge in [0.25, 0.3) is 0 Å². The van der Waals surface area contributed by atoms with Crippen molar-refractivity contribution in [3.63, 3.8) is 0 Å². The Labute approximate surface area is 86.7 Å². The van der Waals surface area contributed by atoms with Crippen molar-refractivity contribution in [3.05, 3.63) is 0 Å². The lowest BCUT2D eigenvalue weighted by atomic mass is 10.3. The predicted octanol–water partition coefficient (Wildman–Crippen LogP) is 4.04. The van der Waals surface area contributed by atoms with Crippen molar-refractivity contribution in [2.24, 2.45) is 0 Å². The van der Waals surface area contributed by atoms with Crippen molar-refractivity contribution in [2.45, 2.75) is 0 Å². The fourth-order valence-electron chi connectivity index (χ4n) is 0. The maximum Gasteiger partial charge on any atom is 0.673 e. The molecule has 0 aliphatic carbocycles. The van der Waals surface area contributed by atoms with Gasteiger partial charge in [-0.3, -0.25) is 0 Å². The van der Waals surface area contributed by atoms with Crippen LogP contribution < -0.4 is 0 Å². The Bertz CT molecular complexity index is 126. The van der Waals surface area contributed by atoms with Crippen LogP contribution in [0.25, 0.3) is 0 Å². The number of rotatable bonds is 0. The molecule has 0 N–H and O–H groups in total. The van der Waals surface area contributed by atoms with Crippen LogP contribution in [0.5, 0.6) is 0 Å². The van der Waals surface area contributed by atoms with E-state index >= 15 is 0 Å². The first-order chi connectivity index (χ1) is 7.00. The van der Waals surface area contributed by atoms with Gasteiger partial charge in [0.2, 0.25) is 0 Å². The average molecular weight is 287 g/mol. The van der Waals surface area contributed by atoms with Crippen molar-refractivity contribution in [1.29, 1.82) is 5.26 Å². The summed E-state index contributed by atoms with van der Waals surface area (Å²) in [7, 11) is -18.0. The lowest BCUT2D eigenvalue weighted by Crippen LogP contribution is -2.02. The van der Waals surface area contributed by atoms with Gasteiger partial charge in [-0.15, -0.1) is 0 Å². The Kier molecular flexibility index (Phi) is 14.7. The molecular weight excluding hydrogens is 286 g/mol. The second-order valence-corrected chi connectivity index (χ2v) is 1.48. The van der Waals surface area contributed by atoms with Crippen LogP contribution in [-0.4, -0.2) is 21.8 Å². The molecule has 0 saturated carbocycles. The molecule has 106 valence electrons. The van der Waals surface area contributed by atoms with E-state index < -0.39 is 21.8 Å². The quantitative estimate of drug-likeness (QED) is 0.487. The van der Waals surface area contributed by atoms with Gasteiger partial charge in [-0.2, -0.15) is 0 Å². The van der Waals surface area contributed by atoms with E-state index in [2.05, 4.69) is 6.57 Å². The van der Waals surface area contributed by atoms with E-state index in [0.717, 1.165) is 0 Å². The van der Waals surface area contributed by atoms with Crippen molar-refractivity contribution in [3.8, 4) is 6.57 Å². The lowest BCUT2D eigenvalue weighted by molar-refractivity contribution is 0.366. The molecular formula is CHB3F12N-3. The number of nitriles is 1. The van der Waals surface area contributed by atoms with Crippen molar-refractivity contribution in [1.82, 2.24) is 0 Å². The summed E-state index contributed by atoms with van der Waals surface area (Å²) >= 11 is 0. The Morgan fingerprint density at radius 2 is 0.412 bits per heavy atom. The molecule has 0 heterocycles. The molecule has 0 radical (unpaired) electrons. The predicted molar refractivity (Wildman–Crippen MR) is 37.2 cm³/mol. The molecule has 0 amide bonds. The summed E-state index contributed by atoms with van der Waals surface area (Å²) in [6.45, 7) is 3.50. The third-order valence-electron chi connectivity index (χ3n) is 0. The average Bonchev–Trinajstić information content (AvgIpc) is 1.77.